The van der Waals surface area contributed by atoms with Crippen molar-refractivity contribution in [2.75, 3.05) is 0 Å². The zero-order valence-corrected chi connectivity index (χ0v) is 8.80. The molecule has 6 heteroatoms. The van der Waals surface area contributed by atoms with Gasteiger partial charge in [0.2, 0.25) is 11.2 Å². The van der Waals surface area contributed by atoms with Crippen molar-refractivity contribution < 1.29 is 4.39 Å². The zero-order chi connectivity index (χ0) is 10.8. The van der Waals surface area contributed by atoms with Gasteiger partial charge in [-0.25, -0.2) is 15.0 Å². The number of nitrogens with zero attached hydrogens (tertiary/aromatic N) is 3. The highest BCUT2D eigenvalue weighted by Gasteiger charge is 2.07. The molecule has 3 nitrogen and oxygen atoms in total. The molecule has 0 radical (unpaired) electrons. The highest BCUT2D eigenvalue weighted by molar-refractivity contribution is 6.33. The molecule has 0 aliphatic rings. The van der Waals surface area contributed by atoms with Crippen LogP contribution in [-0.2, 0) is 0 Å². The van der Waals surface area contributed by atoms with E-state index in [4.69, 9.17) is 23.2 Å². The summed E-state index contributed by atoms with van der Waals surface area (Å²) in [5.41, 5.74) is 0.898. The molecule has 0 bridgehead atoms. The van der Waals surface area contributed by atoms with E-state index in [2.05, 4.69) is 15.0 Å². The SMILES string of the molecule is Fc1cc(-c2ccnc(Cl)n2)c(Cl)cn1. The lowest BCUT2D eigenvalue weighted by atomic mass is 10.2. The minimum absolute atomic E-state index is 0.0841. The highest BCUT2D eigenvalue weighted by Crippen LogP contribution is 2.26. The molecule has 0 aromatic carbocycles. The first-order valence-corrected chi connectivity index (χ1v) is 4.72. The van der Waals surface area contributed by atoms with Gasteiger partial charge in [-0.1, -0.05) is 11.6 Å². The van der Waals surface area contributed by atoms with Crippen LogP contribution in [0.25, 0.3) is 11.3 Å². The van der Waals surface area contributed by atoms with Gasteiger partial charge in [-0.05, 0) is 17.7 Å². The van der Waals surface area contributed by atoms with Crippen LogP contribution in [0.1, 0.15) is 0 Å². The number of aromatic nitrogens is 3. The molecular formula is C9H4Cl2FN3. The summed E-state index contributed by atoms with van der Waals surface area (Å²) in [6.07, 6.45) is 2.70. The van der Waals surface area contributed by atoms with Crippen molar-refractivity contribution in [1.29, 1.82) is 0 Å². The summed E-state index contributed by atoms with van der Waals surface area (Å²) < 4.78 is 12.9. The van der Waals surface area contributed by atoms with Crippen LogP contribution in [0.4, 0.5) is 4.39 Å². The first-order chi connectivity index (χ1) is 7.16. The molecule has 2 aromatic rings. The molecule has 2 rings (SSSR count). The Kier molecular flexibility index (Phi) is 2.79. The van der Waals surface area contributed by atoms with E-state index < -0.39 is 5.95 Å². The van der Waals surface area contributed by atoms with Crippen molar-refractivity contribution in [3.8, 4) is 11.3 Å². The molecular weight excluding hydrogens is 240 g/mol. The van der Waals surface area contributed by atoms with Gasteiger partial charge >= 0.3 is 0 Å². The molecule has 0 unspecified atom stereocenters. The Morgan fingerprint density at radius 1 is 1.20 bits per heavy atom. The van der Waals surface area contributed by atoms with E-state index in [9.17, 15) is 4.39 Å². The van der Waals surface area contributed by atoms with Crippen LogP contribution in [0.3, 0.4) is 0 Å². The predicted octanol–water partition coefficient (Wildman–Crippen LogP) is 2.98. The third kappa shape index (κ3) is 2.22. The molecule has 0 N–H and O–H groups in total. The lowest BCUT2D eigenvalue weighted by Gasteiger charge is -2.02. The topological polar surface area (TPSA) is 38.7 Å². The Morgan fingerprint density at radius 2 is 2.00 bits per heavy atom. The van der Waals surface area contributed by atoms with Crippen LogP contribution >= 0.6 is 23.2 Å². The predicted molar refractivity (Wildman–Crippen MR) is 55.2 cm³/mol. The average molecular weight is 244 g/mol. The van der Waals surface area contributed by atoms with Gasteiger partial charge in [-0.2, -0.15) is 4.39 Å². The fourth-order valence-corrected chi connectivity index (χ4v) is 1.44. The molecule has 15 heavy (non-hydrogen) atoms. The lowest BCUT2D eigenvalue weighted by molar-refractivity contribution is 0.584. The van der Waals surface area contributed by atoms with E-state index in [-0.39, 0.29) is 5.28 Å². The fraction of sp³-hybridized carbons (Fsp3) is 0. The van der Waals surface area contributed by atoms with Crippen LogP contribution in [0.15, 0.2) is 24.5 Å². The van der Waals surface area contributed by atoms with Crippen molar-refractivity contribution in [2.24, 2.45) is 0 Å². The first-order valence-electron chi connectivity index (χ1n) is 3.97. The average Bonchev–Trinajstić information content (AvgIpc) is 2.22. The quantitative estimate of drug-likeness (QED) is 0.571. The van der Waals surface area contributed by atoms with E-state index >= 15 is 0 Å². The minimum Gasteiger partial charge on any atom is -0.227 e. The number of halogens is 3. The van der Waals surface area contributed by atoms with Crippen LogP contribution in [-0.4, -0.2) is 15.0 Å². The van der Waals surface area contributed by atoms with Crippen molar-refractivity contribution in [3.63, 3.8) is 0 Å². The maximum Gasteiger partial charge on any atom is 0.222 e. The maximum absolute atomic E-state index is 12.9. The summed E-state index contributed by atoms with van der Waals surface area (Å²) >= 11 is 11.5. The van der Waals surface area contributed by atoms with Crippen molar-refractivity contribution >= 4 is 23.2 Å². The molecule has 0 atom stereocenters. The summed E-state index contributed by atoms with van der Waals surface area (Å²) in [6.45, 7) is 0. The van der Waals surface area contributed by atoms with Crippen molar-refractivity contribution in [3.05, 3.63) is 40.8 Å². The highest BCUT2D eigenvalue weighted by atomic mass is 35.5. The zero-order valence-electron chi connectivity index (χ0n) is 7.28. The Morgan fingerprint density at radius 3 is 2.73 bits per heavy atom. The van der Waals surface area contributed by atoms with E-state index in [0.717, 1.165) is 0 Å². The Bertz CT molecular complexity index is 504. The molecule has 2 heterocycles. The molecule has 0 amide bonds. The second kappa shape index (κ2) is 4.08. The number of hydrogen-bond donors (Lipinski definition) is 0. The monoisotopic (exact) mass is 243 g/mol. The standard InChI is InChI=1S/C9H4Cl2FN3/c10-6-4-14-8(12)3-5(6)7-1-2-13-9(11)15-7/h1-4H. The number of rotatable bonds is 1. The summed E-state index contributed by atoms with van der Waals surface area (Å²) in [6, 6.07) is 2.79. The number of hydrogen-bond acceptors (Lipinski definition) is 3. The smallest absolute Gasteiger partial charge is 0.222 e. The van der Waals surface area contributed by atoms with Crippen LogP contribution in [0.5, 0.6) is 0 Å². The summed E-state index contributed by atoms with van der Waals surface area (Å²) in [4.78, 5) is 11.1. The Balaban J connectivity index is 2.58. The molecule has 0 saturated heterocycles. The first kappa shape index (κ1) is 10.3. The Hall–Kier alpha value is -1.26. The molecule has 0 aliphatic heterocycles. The second-order valence-electron chi connectivity index (χ2n) is 2.70. The van der Waals surface area contributed by atoms with E-state index in [0.29, 0.717) is 16.3 Å². The normalized spacial score (nSPS) is 10.3. The van der Waals surface area contributed by atoms with E-state index in [1.54, 1.807) is 6.07 Å². The van der Waals surface area contributed by atoms with Gasteiger partial charge in [-0.3, -0.25) is 0 Å². The molecule has 0 aliphatic carbocycles. The molecule has 76 valence electrons. The van der Waals surface area contributed by atoms with Crippen LogP contribution in [0, 0.1) is 5.95 Å². The second-order valence-corrected chi connectivity index (χ2v) is 3.44. The van der Waals surface area contributed by atoms with E-state index in [1.165, 1.54) is 18.5 Å². The van der Waals surface area contributed by atoms with Gasteiger partial charge in [0.1, 0.15) is 0 Å². The van der Waals surface area contributed by atoms with Crippen molar-refractivity contribution in [1.82, 2.24) is 15.0 Å². The molecule has 0 spiro atoms. The van der Waals surface area contributed by atoms with Gasteiger partial charge in [0.15, 0.2) is 0 Å². The van der Waals surface area contributed by atoms with Crippen LogP contribution < -0.4 is 0 Å². The molecule has 2 aromatic heterocycles. The number of pyridine rings is 1. The summed E-state index contributed by atoms with van der Waals surface area (Å²) in [7, 11) is 0. The van der Waals surface area contributed by atoms with E-state index in [1.807, 2.05) is 0 Å². The Labute approximate surface area is 94.9 Å². The summed E-state index contributed by atoms with van der Waals surface area (Å²) in [5.74, 6) is -0.621. The van der Waals surface area contributed by atoms with Crippen molar-refractivity contribution in [2.45, 2.75) is 0 Å². The minimum atomic E-state index is -0.621. The third-order valence-electron chi connectivity index (χ3n) is 1.72. The van der Waals surface area contributed by atoms with Gasteiger partial charge in [0.05, 0.1) is 10.7 Å². The van der Waals surface area contributed by atoms with Gasteiger partial charge < -0.3 is 0 Å². The molecule has 0 fully saturated rings. The lowest BCUT2D eigenvalue weighted by Crippen LogP contribution is -1.90. The maximum atomic E-state index is 12.9. The van der Waals surface area contributed by atoms with Gasteiger partial charge in [-0.15, -0.1) is 0 Å². The van der Waals surface area contributed by atoms with Crippen LogP contribution in [0.2, 0.25) is 10.3 Å². The third-order valence-corrected chi connectivity index (χ3v) is 2.21. The fourth-order valence-electron chi connectivity index (χ4n) is 1.09. The van der Waals surface area contributed by atoms with Gasteiger partial charge in [0.25, 0.3) is 0 Å². The largest absolute Gasteiger partial charge is 0.227 e. The summed E-state index contributed by atoms with van der Waals surface area (Å²) in [5, 5.41) is 0.395. The molecule has 0 saturated carbocycles. The van der Waals surface area contributed by atoms with Gasteiger partial charge in [0, 0.05) is 24.0 Å².